The van der Waals surface area contributed by atoms with Crippen LogP contribution in [0.15, 0.2) is 24.3 Å². The van der Waals surface area contributed by atoms with Crippen molar-refractivity contribution in [3.8, 4) is 0 Å². The zero-order chi connectivity index (χ0) is 11.5. The van der Waals surface area contributed by atoms with Crippen molar-refractivity contribution in [2.24, 2.45) is 5.92 Å². The van der Waals surface area contributed by atoms with E-state index in [4.69, 9.17) is 0 Å². The molecule has 1 fully saturated rings. The lowest BCUT2D eigenvalue weighted by molar-refractivity contribution is -0.127. The van der Waals surface area contributed by atoms with Crippen molar-refractivity contribution in [2.45, 2.75) is 13.0 Å². The van der Waals surface area contributed by atoms with E-state index in [0.29, 0.717) is 0 Å². The van der Waals surface area contributed by atoms with Gasteiger partial charge in [-0.2, -0.15) is 0 Å². The lowest BCUT2D eigenvalue weighted by Crippen LogP contribution is -2.51. The molecule has 0 spiro atoms. The molecule has 0 aliphatic carbocycles. The molecule has 0 aromatic heterocycles. The van der Waals surface area contributed by atoms with Crippen LogP contribution in [0.25, 0.3) is 0 Å². The summed E-state index contributed by atoms with van der Waals surface area (Å²) in [5.41, 5.74) is 0.792. The molecule has 3 nitrogen and oxygen atoms in total. The maximum Gasteiger partial charge on any atom is 0.226 e. The maximum absolute atomic E-state index is 13.0. The number of carbonyl (C=O) groups excluding carboxylic acids is 1. The first kappa shape index (κ1) is 11.1. The first-order valence-corrected chi connectivity index (χ1v) is 5.43. The minimum absolute atomic E-state index is 0.0375. The Hall–Kier alpha value is -1.42. The highest BCUT2D eigenvalue weighted by Crippen LogP contribution is 2.14. The number of benzene rings is 1. The van der Waals surface area contributed by atoms with Crippen molar-refractivity contribution in [1.29, 1.82) is 0 Å². The van der Waals surface area contributed by atoms with Gasteiger partial charge in [0.2, 0.25) is 5.91 Å². The maximum atomic E-state index is 13.0. The molecule has 1 saturated heterocycles. The summed E-state index contributed by atoms with van der Waals surface area (Å²) in [6.45, 7) is 3.34. The average Bonchev–Trinajstić information content (AvgIpc) is 2.14. The molecule has 1 aliphatic heterocycles. The van der Waals surface area contributed by atoms with E-state index in [1.54, 1.807) is 6.07 Å². The Balaban J connectivity index is 1.96. The Morgan fingerprint density at radius 1 is 1.56 bits per heavy atom. The van der Waals surface area contributed by atoms with Gasteiger partial charge in [-0.1, -0.05) is 12.1 Å². The van der Waals surface area contributed by atoms with Crippen LogP contribution in [-0.2, 0) is 4.79 Å². The summed E-state index contributed by atoms with van der Waals surface area (Å²) in [7, 11) is 0. The van der Waals surface area contributed by atoms with Crippen molar-refractivity contribution >= 4 is 5.91 Å². The van der Waals surface area contributed by atoms with Crippen LogP contribution >= 0.6 is 0 Å². The topological polar surface area (TPSA) is 41.1 Å². The molecule has 0 radical (unpaired) electrons. The molecule has 1 unspecified atom stereocenters. The fourth-order valence-electron chi connectivity index (χ4n) is 1.66. The number of amides is 1. The molecule has 1 atom stereocenters. The fourth-order valence-corrected chi connectivity index (χ4v) is 1.66. The summed E-state index contributed by atoms with van der Waals surface area (Å²) < 4.78 is 13.0. The summed E-state index contributed by atoms with van der Waals surface area (Å²) >= 11 is 0. The first-order valence-electron chi connectivity index (χ1n) is 5.43. The predicted molar refractivity (Wildman–Crippen MR) is 59.3 cm³/mol. The van der Waals surface area contributed by atoms with Crippen molar-refractivity contribution in [3.63, 3.8) is 0 Å². The zero-order valence-electron chi connectivity index (χ0n) is 9.16. The number of carbonyl (C=O) groups is 1. The van der Waals surface area contributed by atoms with Crippen molar-refractivity contribution in [1.82, 2.24) is 10.6 Å². The summed E-state index contributed by atoms with van der Waals surface area (Å²) in [6, 6.07) is 6.16. The highest BCUT2D eigenvalue weighted by molar-refractivity contribution is 5.80. The van der Waals surface area contributed by atoms with E-state index in [1.807, 2.05) is 13.0 Å². The van der Waals surface area contributed by atoms with Gasteiger partial charge in [0, 0.05) is 13.1 Å². The molecule has 2 N–H and O–H groups in total. The van der Waals surface area contributed by atoms with E-state index < -0.39 is 0 Å². The normalized spacial score (nSPS) is 17.6. The van der Waals surface area contributed by atoms with Gasteiger partial charge in [0.1, 0.15) is 5.82 Å². The lowest BCUT2D eigenvalue weighted by atomic mass is 10.0. The summed E-state index contributed by atoms with van der Waals surface area (Å²) in [4.78, 5) is 11.6. The average molecular weight is 222 g/mol. The Bertz CT molecular complexity index is 390. The zero-order valence-corrected chi connectivity index (χ0v) is 9.16. The van der Waals surface area contributed by atoms with Crippen LogP contribution < -0.4 is 10.6 Å². The monoisotopic (exact) mass is 222 g/mol. The van der Waals surface area contributed by atoms with Gasteiger partial charge in [-0.15, -0.1) is 0 Å². The quantitative estimate of drug-likeness (QED) is 0.807. The summed E-state index contributed by atoms with van der Waals surface area (Å²) in [5, 5.41) is 5.92. The molecule has 2 rings (SSSR count). The minimum Gasteiger partial charge on any atom is -0.349 e. The SMILES string of the molecule is CC(NC(=O)C1CNC1)c1cccc(F)c1. The van der Waals surface area contributed by atoms with Crippen molar-refractivity contribution < 1.29 is 9.18 Å². The van der Waals surface area contributed by atoms with Crippen LogP contribution in [0.3, 0.4) is 0 Å². The van der Waals surface area contributed by atoms with Gasteiger partial charge in [0.05, 0.1) is 12.0 Å². The molecule has 86 valence electrons. The summed E-state index contributed by atoms with van der Waals surface area (Å²) in [6.07, 6.45) is 0. The van der Waals surface area contributed by atoms with Crippen LogP contribution in [0.2, 0.25) is 0 Å². The van der Waals surface area contributed by atoms with E-state index in [-0.39, 0.29) is 23.7 Å². The smallest absolute Gasteiger partial charge is 0.226 e. The van der Waals surface area contributed by atoms with E-state index in [1.165, 1.54) is 12.1 Å². The molecular weight excluding hydrogens is 207 g/mol. The van der Waals surface area contributed by atoms with Gasteiger partial charge in [-0.05, 0) is 24.6 Å². The van der Waals surface area contributed by atoms with Gasteiger partial charge in [-0.3, -0.25) is 4.79 Å². The van der Waals surface area contributed by atoms with Crippen molar-refractivity contribution in [3.05, 3.63) is 35.6 Å². The predicted octanol–water partition coefficient (Wildman–Crippen LogP) is 1.22. The third-order valence-electron chi connectivity index (χ3n) is 2.86. The molecular formula is C12H15FN2O. The highest BCUT2D eigenvalue weighted by Gasteiger charge is 2.25. The van der Waals surface area contributed by atoms with Crippen LogP contribution in [0, 0.1) is 11.7 Å². The second kappa shape index (κ2) is 4.61. The van der Waals surface area contributed by atoms with E-state index in [9.17, 15) is 9.18 Å². The van der Waals surface area contributed by atoms with Gasteiger partial charge in [-0.25, -0.2) is 4.39 Å². The van der Waals surface area contributed by atoms with Crippen LogP contribution in [0.1, 0.15) is 18.5 Å². The molecule has 16 heavy (non-hydrogen) atoms. The number of halogens is 1. The number of nitrogens with one attached hydrogen (secondary N) is 2. The molecule has 1 heterocycles. The Kier molecular flexibility index (Phi) is 3.19. The van der Waals surface area contributed by atoms with Gasteiger partial charge >= 0.3 is 0 Å². The Morgan fingerprint density at radius 2 is 2.31 bits per heavy atom. The van der Waals surface area contributed by atoms with Crippen LogP contribution in [0.5, 0.6) is 0 Å². The van der Waals surface area contributed by atoms with Gasteiger partial charge < -0.3 is 10.6 Å². The highest BCUT2D eigenvalue weighted by atomic mass is 19.1. The van der Waals surface area contributed by atoms with Crippen LogP contribution in [-0.4, -0.2) is 19.0 Å². The molecule has 0 bridgehead atoms. The third-order valence-corrected chi connectivity index (χ3v) is 2.86. The number of rotatable bonds is 3. The molecule has 1 amide bonds. The van der Waals surface area contributed by atoms with Gasteiger partial charge in [0.15, 0.2) is 0 Å². The number of hydrogen-bond acceptors (Lipinski definition) is 2. The van der Waals surface area contributed by atoms with E-state index >= 15 is 0 Å². The molecule has 1 aromatic rings. The van der Waals surface area contributed by atoms with E-state index in [0.717, 1.165) is 18.7 Å². The van der Waals surface area contributed by atoms with Gasteiger partial charge in [0.25, 0.3) is 0 Å². The molecule has 1 aliphatic rings. The van der Waals surface area contributed by atoms with Crippen molar-refractivity contribution in [2.75, 3.05) is 13.1 Å². The summed E-state index contributed by atoms with van der Waals surface area (Å²) in [5.74, 6) is -0.171. The minimum atomic E-state index is -0.274. The second-order valence-electron chi connectivity index (χ2n) is 4.14. The first-order chi connectivity index (χ1) is 7.66. The molecule has 4 heteroatoms. The Labute approximate surface area is 94.0 Å². The standard InChI is InChI=1S/C12H15FN2O/c1-8(9-3-2-4-11(13)5-9)15-12(16)10-6-14-7-10/h2-5,8,10,14H,6-7H2,1H3,(H,15,16). The largest absolute Gasteiger partial charge is 0.349 e. The molecule has 0 saturated carbocycles. The molecule has 1 aromatic carbocycles. The lowest BCUT2D eigenvalue weighted by Gasteiger charge is -2.27. The Morgan fingerprint density at radius 3 is 2.88 bits per heavy atom. The number of hydrogen-bond donors (Lipinski definition) is 2. The second-order valence-corrected chi connectivity index (χ2v) is 4.14. The van der Waals surface area contributed by atoms with E-state index in [2.05, 4.69) is 10.6 Å². The fraction of sp³-hybridized carbons (Fsp3) is 0.417. The van der Waals surface area contributed by atoms with Crippen LogP contribution in [0.4, 0.5) is 4.39 Å². The third kappa shape index (κ3) is 2.39.